The molecule has 1 aromatic heterocycles. The molecule has 0 unspecified atom stereocenters. The molecule has 0 amide bonds. The summed E-state index contributed by atoms with van der Waals surface area (Å²) in [5.41, 5.74) is 3.25. The van der Waals surface area contributed by atoms with E-state index < -0.39 is 0 Å². The van der Waals surface area contributed by atoms with Gasteiger partial charge in [0.2, 0.25) is 0 Å². The predicted octanol–water partition coefficient (Wildman–Crippen LogP) is 4.05. The Hall–Kier alpha value is -2.88. The van der Waals surface area contributed by atoms with E-state index in [1.807, 2.05) is 41.8 Å². The number of para-hydroxylation sites is 1. The van der Waals surface area contributed by atoms with Gasteiger partial charge in [0.15, 0.2) is 11.6 Å². The van der Waals surface area contributed by atoms with Crippen LogP contribution in [-0.2, 0) is 0 Å². The van der Waals surface area contributed by atoms with Crippen LogP contribution >= 0.6 is 0 Å². The highest BCUT2D eigenvalue weighted by atomic mass is 16.3. The number of ketones is 2. The number of nitrogens with zero attached hydrogens (tertiary/aromatic N) is 1. The quantitative estimate of drug-likeness (QED) is 0.743. The topological polar surface area (TPSA) is 59.3 Å². The van der Waals surface area contributed by atoms with Gasteiger partial charge in [-0.2, -0.15) is 0 Å². The highest BCUT2D eigenvalue weighted by Gasteiger charge is 2.21. The van der Waals surface area contributed by atoms with Crippen molar-refractivity contribution in [1.82, 2.24) is 4.57 Å². The standard InChI is InChI=1S/C19H17NO3/c1-11-19(13(3)22)16-10-18(23)15(12(2)21)9-17(16)20(11)14-7-5-4-6-8-14/h4-10,23H,1-3H3. The van der Waals surface area contributed by atoms with Gasteiger partial charge < -0.3 is 9.67 Å². The summed E-state index contributed by atoms with van der Waals surface area (Å²) < 4.78 is 1.94. The third-order valence-electron chi connectivity index (χ3n) is 4.07. The maximum absolute atomic E-state index is 12.1. The number of benzene rings is 2. The fourth-order valence-electron chi connectivity index (χ4n) is 3.09. The summed E-state index contributed by atoms with van der Waals surface area (Å²) in [5, 5.41) is 10.8. The number of phenols is 1. The van der Waals surface area contributed by atoms with Crippen LogP contribution in [0.15, 0.2) is 42.5 Å². The minimum Gasteiger partial charge on any atom is -0.507 e. The maximum atomic E-state index is 12.1. The first-order valence-electron chi connectivity index (χ1n) is 7.37. The van der Waals surface area contributed by atoms with Crippen LogP contribution in [0.3, 0.4) is 0 Å². The van der Waals surface area contributed by atoms with Crippen molar-refractivity contribution in [3.8, 4) is 11.4 Å². The van der Waals surface area contributed by atoms with Crippen LogP contribution in [0.25, 0.3) is 16.6 Å². The predicted molar refractivity (Wildman–Crippen MR) is 89.7 cm³/mol. The molecule has 0 atom stereocenters. The molecule has 2 aromatic carbocycles. The second-order valence-electron chi connectivity index (χ2n) is 5.63. The average Bonchev–Trinajstić information content (AvgIpc) is 2.78. The smallest absolute Gasteiger partial charge is 0.163 e. The Kier molecular flexibility index (Phi) is 3.52. The van der Waals surface area contributed by atoms with E-state index in [1.165, 1.54) is 19.9 Å². The van der Waals surface area contributed by atoms with Crippen LogP contribution in [0.5, 0.6) is 5.75 Å². The molecule has 4 heteroatoms. The van der Waals surface area contributed by atoms with Gasteiger partial charge in [-0.1, -0.05) is 18.2 Å². The molecular weight excluding hydrogens is 290 g/mol. The first-order chi connectivity index (χ1) is 10.9. The lowest BCUT2D eigenvalue weighted by molar-refractivity contribution is 0.100. The zero-order valence-corrected chi connectivity index (χ0v) is 13.3. The van der Waals surface area contributed by atoms with Crippen molar-refractivity contribution in [3.05, 3.63) is 59.3 Å². The van der Waals surface area contributed by atoms with Gasteiger partial charge in [-0.3, -0.25) is 9.59 Å². The molecule has 0 bridgehead atoms. The third-order valence-corrected chi connectivity index (χ3v) is 4.07. The summed E-state index contributed by atoms with van der Waals surface area (Å²) >= 11 is 0. The number of aromatic hydroxyl groups is 1. The Morgan fingerprint density at radius 2 is 1.65 bits per heavy atom. The Morgan fingerprint density at radius 1 is 1.00 bits per heavy atom. The normalized spacial score (nSPS) is 10.9. The molecule has 0 aliphatic carbocycles. The summed E-state index contributed by atoms with van der Waals surface area (Å²) in [6, 6.07) is 12.8. The number of Topliss-reactive ketones (excluding diaryl/α,β-unsaturated/α-hetero) is 2. The molecule has 3 aromatic rings. The molecule has 0 radical (unpaired) electrons. The monoisotopic (exact) mass is 307 g/mol. The van der Waals surface area contributed by atoms with E-state index in [1.54, 1.807) is 6.07 Å². The minimum atomic E-state index is -0.216. The van der Waals surface area contributed by atoms with Gasteiger partial charge in [-0.25, -0.2) is 0 Å². The van der Waals surface area contributed by atoms with Crippen molar-refractivity contribution in [2.24, 2.45) is 0 Å². The van der Waals surface area contributed by atoms with Crippen molar-refractivity contribution in [1.29, 1.82) is 0 Å². The highest BCUT2D eigenvalue weighted by Crippen LogP contribution is 2.34. The molecule has 3 rings (SSSR count). The summed E-state index contributed by atoms with van der Waals surface area (Å²) in [6.45, 7) is 4.79. The fourth-order valence-corrected chi connectivity index (χ4v) is 3.09. The number of hydrogen-bond donors (Lipinski definition) is 1. The number of carbonyl (C=O) groups excluding carboxylic acids is 2. The van der Waals surface area contributed by atoms with E-state index >= 15 is 0 Å². The lowest BCUT2D eigenvalue weighted by Crippen LogP contribution is -1.99. The van der Waals surface area contributed by atoms with Gasteiger partial charge in [0.05, 0.1) is 11.1 Å². The summed E-state index contributed by atoms with van der Waals surface area (Å²) in [6.07, 6.45) is 0. The lowest BCUT2D eigenvalue weighted by Gasteiger charge is -2.09. The minimum absolute atomic E-state index is 0.0721. The second-order valence-corrected chi connectivity index (χ2v) is 5.63. The number of fused-ring (bicyclic) bond motifs is 1. The summed E-state index contributed by atoms with van der Waals surface area (Å²) in [4.78, 5) is 23.8. The molecule has 0 spiro atoms. The molecule has 1 heterocycles. The molecule has 1 N–H and O–H groups in total. The molecule has 0 saturated carbocycles. The van der Waals surface area contributed by atoms with E-state index in [0.717, 1.165) is 16.9 Å². The molecular formula is C19H17NO3. The van der Waals surface area contributed by atoms with E-state index in [0.29, 0.717) is 10.9 Å². The third kappa shape index (κ3) is 2.32. The number of aromatic nitrogens is 1. The average molecular weight is 307 g/mol. The van der Waals surface area contributed by atoms with Crippen molar-refractivity contribution in [3.63, 3.8) is 0 Å². The summed E-state index contributed by atoms with van der Waals surface area (Å²) in [7, 11) is 0. The molecule has 0 fully saturated rings. The lowest BCUT2D eigenvalue weighted by atomic mass is 10.0. The van der Waals surface area contributed by atoms with Crippen molar-refractivity contribution in [2.75, 3.05) is 0 Å². The SMILES string of the molecule is CC(=O)c1cc2c(cc1O)c(C(C)=O)c(C)n2-c1ccccc1. The van der Waals surface area contributed by atoms with Crippen molar-refractivity contribution < 1.29 is 14.7 Å². The van der Waals surface area contributed by atoms with Gasteiger partial charge in [-0.15, -0.1) is 0 Å². The largest absolute Gasteiger partial charge is 0.507 e. The highest BCUT2D eigenvalue weighted by molar-refractivity contribution is 6.11. The van der Waals surface area contributed by atoms with Gasteiger partial charge in [0.1, 0.15) is 5.75 Å². The first-order valence-corrected chi connectivity index (χ1v) is 7.37. The second kappa shape index (κ2) is 5.39. The molecule has 0 aliphatic heterocycles. The van der Waals surface area contributed by atoms with Gasteiger partial charge >= 0.3 is 0 Å². The van der Waals surface area contributed by atoms with E-state index in [9.17, 15) is 14.7 Å². The first kappa shape index (κ1) is 15.0. The number of phenolic OH excluding ortho intramolecular Hbond substituents is 1. The van der Waals surface area contributed by atoms with E-state index in [4.69, 9.17) is 0 Å². The summed E-state index contributed by atoms with van der Waals surface area (Å²) in [5.74, 6) is -0.387. The molecule has 0 aliphatic rings. The van der Waals surface area contributed by atoms with Crippen LogP contribution in [-0.4, -0.2) is 21.2 Å². The fraction of sp³-hybridized carbons (Fsp3) is 0.158. The molecule has 23 heavy (non-hydrogen) atoms. The number of carbonyl (C=O) groups is 2. The Labute approximate surface area is 134 Å². The van der Waals surface area contributed by atoms with Crippen molar-refractivity contribution >= 4 is 22.5 Å². The van der Waals surface area contributed by atoms with Crippen LogP contribution in [0.4, 0.5) is 0 Å². The Balaban J connectivity index is 2.48. The Bertz CT molecular complexity index is 936. The van der Waals surface area contributed by atoms with E-state index in [2.05, 4.69) is 0 Å². The molecule has 116 valence electrons. The van der Waals surface area contributed by atoms with Crippen LogP contribution in [0.1, 0.15) is 40.3 Å². The van der Waals surface area contributed by atoms with Gasteiger partial charge in [0.25, 0.3) is 0 Å². The maximum Gasteiger partial charge on any atom is 0.163 e. The molecule has 4 nitrogen and oxygen atoms in total. The van der Waals surface area contributed by atoms with E-state index in [-0.39, 0.29) is 22.9 Å². The number of rotatable bonds is 3. The van der Waals surface area contributed by atoms with Gasteiger partial charge in [0, 0.05) is 22.3 Å². The zero-order chi connectivity index (χ0) is 16.7. The van der Waals surface area contributed by atoms with Crippen LogP contribution < -0.4 is 0 Å². The van der Waals surface area contributed by atoms with Crippen molar-refractivity contribution in [2.45, 2.75) is 20.8 Å². The zero-order valence-electron chi connectivity index (χ0n) is 13.3. The molecule has 0 saturated heterocycles. The number of hydrogen-bond acceptors (Lipinski definition) is 3. The van der Waals surface area contributed by atoms with Crippen LogP contribution in [0.2, 0.25) is 0 Å². The van der Waals surface area contributed by atoms with Gasteiger partial charge in [-0.05, 0) is 45.0 Å². The Morgan fingerprint density at radius 3 is 2.22 bits per heavy atom. The van der Waals surface area contributed by atoms with Crippen LogP contribution in [0, 0.1) is 6.92 Å².